The molecule has 18 heavy (non-hydrogen) atoms. The van der Waals surface area contributed by atoms with Gasteiger partial charge in [-0.2, -0.15) is 13.2 Å². The Bertz CT molecular complexity index is 402. The Morgan fingerprint density at radius 2 is 1.94 bits per heavy atom. The Hall–Kier alpha value is -1.56. The number of Topliss-reactive ketones (excluding diaryl/α,β-unsaturated/α-hetero) is 1. The van der Waals surface area contributed by atoms with Gasteiger partial charge in [-0.15, -0.1) is 0 Å². The molecule has 0 aliphatic rings. The van der Waals surface area contributed by atoms with E-state index >= 15 is 0 Å². The van der Waals surface area contributed by atoms with Crippen molar-refractivity contribution in [1.29, 1.82) is 0 Å². The molecule has 0 radical (unpaired) electrons. The summed E-state index contributed by atoms with van der Waals surface area (Å²) < 4.78 is 44.7. The van der Waals surface area contributed by atoms with Crippen LogP contribution in [0.15, 0.2) is 24.3 Å². The van der Waals surface area contributed by atoms with Crippen LogP contribution in [0.25, 0.3) is 0 Å². The number of para-hydroxylation sites is 1. The standard InChI is InChI=1S/C12H13F3O3/c1-17-11-5-3-2-4-9(11)6-10(16)7-18-8-12(13,14)15/h2-5H,6-8H2,1H3. The molecule has 3 nitrogen and oxygen atoms in total. The lowest BCUT2D eigenvalue weighted by atomic mass is 10.1. The van der Waals surface area contributed by atoms with Gasteiger partial charge in [0.25, 0.3) is 0 Å². The topological polar surface area (TPSA) is 35.5 Å². The molecular weight excluding hydrogens is 249 g/mol. The van der Waals surface area contributed by atoms with Crippen molar-refractivity contribution in [2.75, 3.05) is 20.3 Å². The van der Waals surface area contributed by atoms with Gasteiger partial charge < -0.3 is 9.47 Å². The normalized spacial score (nSPS) is 11.3. The molecule has 0 fully saturated rings. The molecule has 0 amide bonds. The van der Waals surface area contributed by atoms with Crippen LogP contribution in [0, 0.1) is 0 Å². The first kappa shape index (κ1) is 14.5. The van der Waals surface area contributed by atoms with Gasteiger partial charge in [0.15, 0.2) is 5.78 Å². The van der Waals surface area contributed by atoms with E-state index in [1.165, 1.54) is 7.11 Å². The number of methoxy groups -OCH3 is 1. The highest BCUT2D eigenvalue weighted by Crippen LogP contribution is 2.18. The maximum absolute atomic E-state index is 11.8. The third kappa shape index (κ3) is 5.18. The zero-order valence-electron chi connectivity index (χ0n) is 9.79. The van der Waals surface area contributed by atoms with Crippen LogP contribution < -0.4 is 4.74 Å². The summed E-state index contributed by atoms with van der Waals surface area (Å²) in [5, 5.41) is 0. The molecular formula is C12H13F3O3. The van der Waals surface area contributed by atoms with Gasteiger partial charge in [-0.25, -0.2) is 0 Å². The summed E-state index contributed by atoms with van der Waals surface area (Å²) in [5.41, 5.74) is 0.626. The quantitative estimate of drug-likeness (QED) is 0.789. The maximum Gasteiger partial charge on any atom is 0.411 e. The van der Waals surface area contributed by atoms with E-state index < -0.39 is 25.2 Å². The van der Waals surface area contributed by atoms with E-state index in [0.717, 1.165) is 0 Å². The molecule has 100 valence electrons. The van der Waals surface area contributed by atoms with Crippen LogP contribution in [0.4, 0.5) is 13.2 Å². The summed E-state index contributed by atoms with van der Waals surface area (Å²) in [6.45, 7) is -1.97. The molecule has 0 N–H and O–H groups in total. The van der Waals surface area contributed by atoms with Crippen molar-refractivity contribution in [2.24, 2.45) is 0 Å². The summed E-state index contributed by atoms with van der Waals surface area (Å²) in [6, 6.07) is 6.83. The SMILES string of the molecule is COc1ccccc1CC(=O)COCC(F)(F)F. The van der Waals surface area contributed by atoms with Crippen molar-refractivity contribution in [3.63, 3.8) is 0 Å². The van der Waals surface area contributed by atoms with E-state index in [1.54, 1.807) is 24.3 Å². The molecule has 0 aliphatic carbocycles. The molecule has 1 rings (SSSR count). The van der Waals surface area contributed by atoms with Crippen LogP contribution in [0.1, 0.15) is 5.56 Å². The van der Waals surface area contributed by atoms with Gasteiger partial charge in [0.05, 0.1) is 7.11 Å². The van der Waals surface area contributed by atoms with E-state index in [-0.39, 0.29) is 6.42 Å². The van der Waals surface area contributed by atoms with Crippen LogP contribution in [-0.2, 0) is 16.0 Å². The minimum atomic E-state index is -4.41. The van der Waals surface area contributed by atoms with Gasteiger partial charge in [-0.3, -0.25) is 4.79 Å². The first-order chi connectivity index (χ1) is 8.42. The van der Waals surface area contributed by atoms with Gasteiger partial charge in [0.2, 0.25) is 0 Å². The van der Waals surface area contributed by atoms with Crippen LogP contribution in [-0.4, -0.2) is 32.3 Å². The van der Waals surface area contributed by atoms with Crippen LogP contribution >= 0.6 is 0 Å². The molecule has 0 heterocycles. The summed E-state index contributed by atoms with van der Waals surface area (Å²) in [5.74, 6) is 0.102. The lowest BCUT2D eigenvalue weighted by Gasteiger charge is -2.09. The minimum absolute atomic E-state index is 0.0120. The van der Waals surface area contributed by atoms with Crippen LogP contribution in [0.2, 0.25) is 0 Å². The fraction of sp³-hybridized carbons (Fsp3) is 0.417. The number of carbonyl (C=O) groups excluding carboxylic acids is 1. The summed E-state index contributed by atoms with van der Waals surface area (Å²) in [7, 11) is 1.46. The van der Waals surface area contributed by atoms with Gasteiger partial charge >= 0.3 is 6.18 Å². The summed E-state index contributed by atoms with van der Waals surface area (Å²) >= 11 is 0. The number of ether oxygens (including phenoxy) is 2. The Labute approximate surface area is 103 Å². The molecule has 0 saturated heterocycles. The van der Waals surface area contributed by atoms with E-state index in [1.807, 2.05) is 0 Å². The second-order valence-corrected chi connectivity index (χ2v) is 3.64. The monoisotopic (exact) mass is 262 g/mol. The van der Waals surface area contributed by atoms with E-state index in [2.05, 4.69) is 4.74 Å². The Morgan fingerprint density at radius 1 is 1.28 bits per heavy atom. The number of rotatable bonds is 6. The molecule has 0 aromatic heterocycles. The maximum atomic E-state index is 11.8. The van der Waals surface area contributed by atoms with Crippen LogP contribution in [0.5, 0.6) is 5.75 Å². The average Bonchev–Trinajstić information content (AvgIpc) is 2.28. The zero-order valence-corrected chi connectivity index (χ0v) is 9.79. The Kier molecular flexibility index (Phi) is 5.15. The first-order valence-electron chi connectivity index (χ1n) is 5.20. The Morgan fingerprint density at radius 3 is 2.56 bits per heavy atom. The van der Waals surface area contributed by atoms with E-state index in [0.29, 0.717) is 11.3 Å². The molecule has 0 bridgehead atoms. The fourth-order valence-corrected chi connectivity index (χ4v) is 1.39. The Balaban J connectivity index is 2.45. The molecule has 0 aliphatic heterocycles. The molecule has 0 spiro atoms. The van der Waals surface area contributed by atoms with Crippen molar-refractivity contribution in [1.82, 2.24) is 0 Å². The molecule has 1 aromatic rings. The number of alkyl halides is 3. The number of hydrogen-bond donors (Lipinski definition) is 0. The highest BCUT2D eigenvalue weighted by Gasteiger charge is 2.27. The van der Waals surface area contributed by atoms with Gasteiger partial charge in [-0.05, 0) is 6.07 Å². The smallest absolute Gasteiger partial charge is 0.411 e. The first-order valence-corrected chi connectivity index (χ1v) is 5.20. The molecule has 0 unspecified atom stereocenters. The van der Waals surface area contributed by atoms with Crippen molar-refractivity contribution in [3.05, 3.63) is 29.8 Å². The fourth-order valence-electron chi connectivity index (χ4n) is 1.39. The summed E-state index contributed by atoms with van der Waals surface area (Å²) in [6.07, 6.45) is -4.42. The van der Waals surface area contributed by atoms with Gasteiger partial charge in [0.1, 0.15) is 19.0 Å². The van der Waals surface area contributed by atoms with Crippen molar-refractivity contribution in [2.45, 2.75) is 12.6 Å². The van der Waals surface area contributed by atoms with E-state index in [9.17, 15) is 18.0 Å². The largest absolute Gasteiger partial charge is 0.496 e. The number of halogens is 3. The van der Waals surface area contributed by atoms with E-state index in [4.69, 9.17) is 4.74 Å². The molecule has 0 saturated carbocycles. The predicted octanol–water partition coefficient (Wildman–Crippen LogP) is 2.39. The molecule has 0 atom stereocenters. The van der Waals surface area contributed by atoms with Gasteiger partial charge in [0, 0.05) is 12.0 Å². The van der Waals surface area contributed by atoms with Gasteiger partial charge in [-0.1, -0.05) is 18.2 Å². The number of ketones is 1. The third-order valence-electron chi connectivity index (χ3n) is 2.11. The lowest BCUT2D eigenvalue weighted by molar-refractivity contribution is -0.175. The van der Waals surface area contributed by atoms with Crippen molar-refractivity contribution in [3.8, 4) is 5.75 Å². The summed E-state index contributed by atoms with van der Waals surface area (Å²) in [4.78, 5) is 11.4. The van der Waals surface area contributed by atoms with Crippen molar-refractivity contribution >= 4 is 5.78 Å². The average molecular weight is 262 g/mol. The number of hydrogen-bond acceptors (Lipinski definition) is 3. The van der Waals surface area contributed by atoms with Crippen LogP contribution in [0.3, 0.4) is 0 Å². The number of benzene rings is 1. The second-order valence-electron chi connectivity index (χ2n) is 3.64. The van der Waals surface area contributed by atoms with Crippen molar-refractivity contribution < 1.29 is 27.4 Å². The zero-order chi connectivity index (χ0) is 13.6. The molecule has 1 aromatic carbocycles. The highest BCUT2D eigenvalue weighted by atomic mass is 19.4. The second kappa shape index (κ2) is 6.39. The number of carbonyl (C=O) groups is 1. The lowest BCUT2D eigenvalue weighted by Crippen LogP contribution is -2.21. The predicted molar refractivity (Wildman–Crippen MR) is 58.6 cm³/mol. The minimum Gasteiger partial charge on any atom is -0.496 e. The molecule has 6 heteroatoms. The highest BCUT2D eigenvalue weighted by molar-refractivity contribution is 5.82. The third-order valence-corrected chi connectivity index (χ3v) is 2.11.